The van der Waals surface area contributed by atoms with Gasteiger partial charge >= 0.3 is 0 Å². The van der Waals surface area contributed by atoms with E-state index in [2.05, 4.69) is 21.9 Å². The van der Waals surface area contributed by atoms with Crippen LogP contribution in [-0.4, -0.2) is 31.8 Å². The SMILES string of the molecule is C=C/C=C(\OC)c1nnc2ccc(-c3cccc([N+](=O)[O-])c3)nn12. The summed E-state index contributed by atoms with van der Waals surface area (Å²) in [6.45, 7) is 3.63. The highest BCUT2D eigenvalue weighted by Crippen LogP contribution is 2.23. The molecule has 0 radical (unpaired) electrons. The Morgan fingerprint density at radius 2 is 2.17 bits per heavy atom. The maximum atomic E-state index is 10.9. The summed E-state index contributed by atoms with van der Waals surface area (Å²) in [7, 11) is 1.51. The van der Waals surface area contributed by atoms with Crippen LogP contribution in [-0.2, 0) is 4.74 Å². The third-order valence-corrected chi connectivity index (χ3v) is 3.33. The van der Waals surface area contributed by atoms with Gasteiger partial charge in [0.1, 0.15) is 0 Å². The van der Waals surface area contributed by atoms with E-state index >= 15 is 0 Å². The van der Waals surface area contributed by atoms with Gasteiger partial charge in [-0.25, -0.2) is 0 Å². The lowest BCUT2D eigenvalue weighted by Gasteiger charge is -2.05. The minimum absolute atomic E-state index is 0.00232. The Labute approximate surface area is 136 Å². The molecule has 2 aromatic heterocycles. The number of hydrogen-bond donors (Lipinski definition) is 0. The first-order valence-corrected chi connectivity index (χ1v) is 6.98. The van der Waals surface area contributed by atoms with Crippen LogP contribution in [0.4, 0.5) is 5.69 Å². The highest BCUT2D eigenvalue weighted by atomic mass is 16.6. The molecule has 0 fully saturated rings. The molecule has 120 valence electrons. The van der Waals surface area contributed by atoms with Gasteiger partial charge in [-0.3, -0.25) is 10.1 Å². The molecule has 0 aliphatic rings. The first kappa shape index (κ1) is 15.3. The fourth-order valence-corrected chi connectivity index (χ4v) is 2.22. The molecule has 2 heterocycles. The van der Waals surface area contributed by atoms with Gasteiger partial charge < -0.3 is 4.74 Å². The Hall–Kier alpha value is -3.55. The van der Waals surface area contributed by atoms with E-state index in [4.69, 9.17) is 4.74 Å². The fraction of sp³-hybridized carbons (Fsp3) is 0.0625. The molecule has 1 aromatic carbocycles. The number of nitro groups is 1. The molecule has 24 heavy (non-hydrogen) atoms. The zero-order valence-electron chi connectivity index (χ0n) is 12.8. The number of allylic oxidation sites excluding steroid dienone is 2. The number of hydrogen-bond acceptors (Lipinski definition) is 6. The standard InChI is InChI=1S/C16H13N5O3/c1-3-5-14(24-2)16-18-17-15-9-8-13(19-20(15)16)11-6-4-7-12(10-11)21(22)23/h3-10H,1H2,2H3/b14-5-. The Morgan fingerprint density at radius 3 is 2.88 bits per heavy atom. The number of non-ortho nitro benzene ring substituents is 1. The van der Waals surface area contributed by atoms with Crippen LogP contribution in [0.1, 0.15) is 5.82 Å². The molecule has 0 saturated carbocycles. The molecule has 0 spiro atoms. The first-order valence-electron chi connectivity index (χ1n) is 6.98. The summed E-state index contributed by atoms with van der Waals surface area (Å²) in [5, 5.41) is 23.5. The molecule has 0 bridgehead atoms. The summed E-state index contributed by atoms with van der Waals surface area (Å²) in [5.41, 5.74) is 1.72. The molecule has 0 amide bonds. The summed E-state index contributed by atoms with van der Waals surface area (Å²) >= 11 is 0. The summed E-state index contributed by atoms with van der Waals surface area (Å²) < 4.78 is 6.80. The molecule has 8 heteroatoms. The third kappa shape index (κ3) is 2.72. The largest absolute Gasteiger partial charge is 0.493 e. The summed E-state index contributed by atoms with van der Waals surface area (Å²) in [4.78, 5) is 10.5. The third-order valence-electron chi connectivity index (χ3n) is 3.33. The van der Waals surface area contributed by atoms with E-state index < -0.39 is 4.92 Å². The molecule has 3 rings (SSSR count). The predicted octanol–water partition coefficient (Wildman–Crippen LogP) is 2.87. The topological polar surface area (TPSA) is 95.5 Å². The van der Waals surface area contributed by atoms with Crippen LogP contribution < -0.4 is 0 Å². The zero-order valence-corrected chi connectivity index (χ0v) is 12.8. The van der Waals surface area contributed by atoms with Gasteiger partial charge in [0.05, 0.1) is 17.7 Å². The minimum Gasteiger partial charge on any atom is -0.493 e. The second-order valence-electron chi connectivity index (χ2n) is 4.79. The number of fused-ring (bicyclic) bond motifs is 1. The monoisotopic (exact) mass is 323 g/mol. The molecule has 0 aliphatic carbocycles. The van der Waals surface area contributed by atoms with Crippen LogP contribution in [0, 0.1) is 10.1 Å². The van der Waals surface area contributed by atoms with Crippen molar-refractivity contribution < 1.29 is 9.66 Å². The lowest BCUT2D eigenvalue weighted by Crippen LogP contribution is -2.01. The number of rotatable bonds is 5. The maximum absolute atomic E-state index is 10.9. The van der Waals surface area contributed by atoms with Crippen molar-refractivity contribution in [1.82, 2.24) is 19.8 Å². The van der Waals surface area contributed by atoms with Crippen molar-refractivity contribution in [3.63, 3.8) is 0 Å². The molecule has 0 N–H and O–H groups in total. The van der Waals surface area contributed by atoms with E-state index in [-0.39, 0.29) is 5.69 Å². The number of ether oxygens (including phenoxy) is 1. The van der Waals surface area contributed by atoms with Crippen molar-refractivity contribution in [3.05, 3.63) is 71.1 Å². The predicted molar refractivity (Wildman–Crippen MR) is 88.1 cm³/mol. The van der Waals surface area contributed by atoms with Crippen LogP contribution in [0.2, 0.25) is 0 Å². The lowest BCUT2D eigenvalue weighted by molar-refractivity contribution is -0.384. The van der Waals surface area contributed by atoms with Gasteiger partial charge in [0.15, 0.2) is 11.4 Å². The van der Waals surface area contributed by atoms with Crippen molar-refractivity contribution in [2.24, 2.45) is 0 Å². The van der Waals surface area contributed by atoms with Crippen LogP contribution >= 0.6 is 0 Å². The molecule has 0 saturated heterocycles. The van der Waals surface area contributed by atoms with Gasteiger partial charge in [-0.2, -0.15) is 9.61 Å². The minimum atomic E-state index is -0.442. The maximum Gasteiger partial charge on any atom is 0.270 e. The van der Waals surface area contributed by atoms with Crippen LogP contribution in [0.3, 0.4) is 0 Å². The Bertz CT molecular complexity index is 961. The van der Waals surface area contributed by atoms with Crippen LogP contribution in [0.5, 0.6) is 0 Å². The first-order chi connectivity index (χ1) is 11.6. The molecule has 0 unspecified atom stereocenters. The van der Waals surface area contributed by atoms with Gasteiger partial charge in [0.25, 0.3) is 5.69 Å². The van der Waals surface area contributed by atoms with Gasteiger partial charge in [-0.1, -0.05) is 24.8 Å². The van der Waals surface area contributed by atoms with Crippen molar-refractivity contribution in [2.45, 2.75) is 0 Å². The van der Waals surface area contributed by atoms with E-state index in [1.165, 1.54) is 23.8 Å². The number of nitrogens with zero attached hydrogens (tertiary/aromatic N) is 5. The smallest absolute Gasteiger partial charge is 0.270 e. The highest BCUT2D eigenvalue weighted by molar-refractivity contribution is 5.64. The van der Waals surface area contributed by atoms with E-state index in [9.17, 15) is 10.1 Å². The lowest BCUT2D eigenvalue weighted by atomic mass is 10.1. The van der Waals surface area contributed by atoms with Gasteiger partial charge in [-0.05, 0) is 18.2 Å². The number of methoxy groups -OCH3 is 1. The summed E-state index contributed by atoms with van der Waals surface area (Å²) in [6, 6.07) is 9.74. The van der Waals surface area contributed by atoms with E-state index in [0.29, 0.717) is 28.5 Å². The van der Waals surface area contributed by atoms with Gasteiger partial charge in [-0.15, -0.1) is 10.2 Å². The summed E-state index contributed by atoms with van der Waals surface area (Å²) in [5.74, 6) is 0.876. The second kappa shape index (κ2) is 6.29. The molecule has 8 nitrogen and oxygen atoms in total. The number of benzene rings is 1. The number of nitro benzene ring substituents is 1. The average molecular weight is 323 g/mol. The molecular weight excluding hydrogens is 310 g/mol. The van der Waals surface area contributed by atoms with E-state index in [1.807, 2.05) is 0 Å². The molecular formula is C16H13N5O3. The quantitative estimate of drug-likeness (QED) is 0.310. The van der Waals surface area contributed by atoms with Crippen LogP contribution in [0.15, 0.2) is 55.1 Å². The zero-order chi connectivity index (χ0) is 17.1. The van der Waals surface area contributed by atoms with Crippen molar-refractivity contribution in [2.75, 3.05) is 7.11 Å². The fourth-order valence-electron chi connectivity index (χ4n) is 2.22. The summed E-state index contributed by atoms with van der Waals surface area (Å²) in [6.07, 6.45) is 3.22. The van der Waals surface area contributed by atoms with Crippen molar-refractivity contribution >= 4 is 17.1 Å². The Morgan fingerprint density at radius 1 is 1.33 bits per heavy atom. The molecule has 0 aliphatic heterocycles. The number of aromatic nitrogens is 4. The second-order valence-corrected chi connectivity index (χ2v) is 4.79. The normalized spacial score (nSPS) is 11.5. The molecule has 3 aromatic rings. The molecule has 0 atom stereocenters. The van der Waals surface area contributed by atoms with Crippen molar-refractivity contribution in [1.29, 1.82) is 0 Å². The van der Waals surface area contributed by atoms with Crippen molar-refractivity contribution in [3.8, 4) is 11.3 Å². The van der Waals surface area contributed by atoms with E-state index in [0.717, 1.165) is 0 Å². The van der Waals surface area contributed by atoms with Gasteiger partial charge in [0.2, 0.25) is 5.82 Å². The highest BCUT2D eigenvalue weighted by Gasteiger charge is 2.14. The Balaban J connectivity index is 2.14. The van der Waals surface area contributed by atoms with Gasteiger partial charge in [0, 0.05) is 17.7 Å². The average Bonchev–Trinajstić information content (AvgIpc) is 3.02. The van der Waals surface area contributed by atoms with E-state index in [1.54, 1.807) is 36.4 Å². The Kier molecular flexibility index (Phi) is 4.02. The van der Waals surface area contributed by atoms with Crippen LogP contribution in [0.25, 0.3) is 22.7 Å².